The molecule has 2 aromatic rings. The molecule has 1 aromatic heterocycles. The third-order valence-corrected chi connectivity index (χ3v) is 4.64. The Labute approximate surface area is 147 Å². The Bertz CT molecular complexity index is 783. The largest absolute Gasteiger partial charge is 0.481 e. The summed E-state index contributed by atoms with van der Waals surface area (Å²) >= 11 is 0. The van der Waals surface area contributed by atoms with Crippen molar-refractivity contribution >= 4 is 23.4 Å². The summed E-state index contributed by atoms with van der Waals surface area (Å²) in [5.41, 5.74) is 4.24. The maximum absolute atomic E-state index is 11.1. The number of carboxylic acid groups (broad SMARTS) is 1. The van der Waals surface area contributed by atoms with Crippen molar-refractivity contribution in [3.05, 3.63) is 41.1 Å². The number of rotatable bonds is 4. The SMILES string of the molecule is Cc1ccc(Nc2nc(C)cc(N3CCC(C(=O)O)CC3)n2)c(C)c1. The lowest BCUT2D eigenvalue weighted by Crippen LogP contribution is -2.36. The van der Waals surface area contributed by atoms with Crippen LogP contribution in [-0.4, -0.2) is 34.1 Å². The van der Waals surface area contributed by atoms with E-state index in [1.54, 1.807) is 0 Å². The lowest BCUT2D eigenvalue weighted by atomic mass is 9.97. The molecule has 6 heteroatoms. The third kappa shape index (κ3) is 4.07. The van der Waals surface area contributed by atoms with Gasteiger partial charge in [0.2, 0.25) is 5.95 Å². The molecule has 0 spiro atoms. The van der Waals surface area contributed by atoms with Crippen molar-refractivity contribution in [1.82, 2.24) is 9.97 Å². The number of aromatic nitrogens is 2. The van der Waals surface area contributed by atoms with Crippen LogP contribution in [0, 0.1) is 26.7 Å². The van der Waals surface area contributed by atoms with Gasteiger partial charge in [-0.25, -0.2) is 4.98 Å². The van der Waals surface area contributed by atoms with Gasteiger partial charge in [0.25, 0.3) is 0 Å². The van der Waals surface area contributed by atoms with Crippen LogP contribution in [0.3, 0.4) is 0 Å². The number of benzene rings is 1. The third-order valence-electron chi connectivity index (χ3n) is 4.64. The molecule has 25 heavy (non-hydrogen) atoms. The lowest BCUT2D eigenvalue weighted by molar-refractivity contribution is -0.142. The van der Waals surface area contributed by atoms with Crippen molar-refractivity contribution in [3.63, 3.8) is 0 Å². The van der Waals surface area contributed by atoms with Crippen molar-refractivity contribution < 1.29 is 9.90 Å². The van der Waals surface area contributed by atoms with E-state index in [0.717, 1.165) is 22.8 Å². The van der Waals surface area contributed by atoms with Gasteiger partial charge in [0, 0.05) is 30.5 Å². The molecule has 1 aliphatic rings. The van der Waals surface area contributed by atoms with E-state index in [0.29, 0.717) is 31.9 Å². The van der Waals surface area contributed by atoms with Gasteiger partial charge in [0.1, 0.15) is 5.82 Å². The molecular weight excluding hydrogens is 316 g/mol. The minimum atomic E-state index is -0.698. The fourth-order valence-electron chi connectivity index (χ4n) is 3.20. The average Bonchev–Trinajstić information content (AvgIpc) is 2.57. The molecule has 3 rings (SSSR count). The molecule has 0 saturated carbocycles. The maximum Gasteiger partial charge on any atom is 0.306 e. The summed E-state index contributed by atoms with van der Waals surface area (Å²) in [4.78, 5) is 22.4. The smallest absolute Gasteiger partial charge is 0.306 e. The first-order valence-corrected chi connectivity index (χ1v) is 8.60. The van der Waals surface area contributed by atoms with Crippen LogP contribution in [0.4, 0.5) is 17.5 Å². The number of hydrogen-bond acceptors (Lipinski definition) is 5. The number of carboxylic acids is 1. The summed E-state index contributed by atoms with van der Waals surface area (Å²) in [6, 6.07) is 8.17. The number of aryl methyl sites for hydroxylation is 3. The molecule has 0 radical (unpaired) electrons. The fraction of sp³-hybridized carbons (Fsp3) is 0.421. The quantitative estimate of drug-likeness (QED) is 0.887. The molecule has 1 aliphatic heterocycles. The molecular formula is C19H24N4O2. The zero-order valence-electron chi connectivity index (χ0n) is 14.9. The van der Waals surface area contributed by atoms with Gasteiger partial charge in [-0.3, -0.25) is 4.79 Å². The van der Waals surface area contributed by atoms with E-state index in [-0.39, 0.29) is 5.92 Å². The number of nitrogens with one attached hydrogen (secondary N) is 1. The second kappa shape index (κ2) is 7.09. The first-order valence-electron chi connectivity index (χ1n) is 8.60. The predicted molar refractivity (Wildman–Crippen MR) is 98.5 cm³/mol. The van der Waals surface area contributed by atoms with Gasteiger partial charge in [0.15, 0.2) is 0 Å². The summed E-state index contributed by atoms with van der Waals surface area (Å²) in [7, 11) is 0. The average molecular weight is 340 g/mol. The van der Waals surface area contributed by atoms with Crippen LogP contribution >= 0.6 is 0 Å². The molecule has 132 valence electrons. The van der Waals surface area contributed by atoms with Crippen molar-refractivity contribution in [2.24, 2.45) is 5.92 Å². The molecule has 0 bridgehead atoms. The Kier molecular flexibility index (Phi) is 4.88. The van der Waals surface area contributed by atoms with E-state index in [1.807, 2.05) is 19.1 Å². The second-order valence-corrected chi connectivity index (χ2v) is 6.73. The van der Waals surface area contributed by atoms with Crippen LogP contribution < -0.4 is 10.2 Å². The number of carbonyl (C=O) groups is 1. The molecule has 2 N–H and O–H groups in total. The number of aliphatic carboxylic acids is 1. The van der Waals surface area contributed by atoms with E-state index < -0.39 is 5.97 Å². The highest BCUT2D eigenvalue weighted by molar-refractivity contribution is 5.70. The molecule has 2 heterocycles. The normalized spacial score (nSPS) is 15.2. The minimum absolute atomic E-state index is 0.244. The molecule has 1 aromatic carbocycles. The first-order chi connectivity index (χ1) is 11.9. The number of anilines is 3. The summed E-state index contributed by atoms with van der Waals surface area (Å²) in [5.74, 6) is 0.480. The zero-order chi connectivity index (χ0) is 18.0. The van der Waals surface area contributed by atoms with Crippen molar-refractivity contribution in [2.45, 2.75) is 33.6 Å². The minimum Gasteiger partial charge on any atom is -0.481 e. The Morgan fingerprint density at radius 1 is 1.16 bits per heavy atom. The Morgan fingerprint density at radius 2 is 1.88 bits per heavy atom. The molecule has 1 saturated heterocycles. The molecule has 1 fully saturated rings. The second-order valence-electron chi connectivity index (χ2n) is 6.73. The zero-order valence-corrected chi connectivity index (χ0v) is 14.9. The van der Waals surface area contributed by atoms with Gasteiger partial charge < -0.3 is 15.3 Å². The summed E-state index contributed by atoms with van der Waals surface area (Å²) in [6.07, 6.45) is 1.30. The number of hydrogen-bond donors (Lipinski definition) is 2. The molecule has 0 aliphatic carbocycles. The van der Waals surface area contributed by atoms with Crippen LogP contribution in [0.5, 0.6) is 0 Å². The van der Waals surface area contributed by atoms with E-state index in [2.05, 4.69) is 46.2 Å². The van der Waals surface area contributed by atoms with Crippen LogP contribution in [0.15, 0.2) is 24.3 Å². The summed E-state index contributed by atoms with van der Waals surface area (Å²) < 4.78 is 0. The van der Waals surface area contributed by atoms with E-state index >= 15 is 0 Å². The predicted octanol–water partition coefficient (Wildman–Crippen LogP) is 3.45. The van der Waals surface area contributed by atoms with Crippen molar-refractivity contribution in [3.8, 4) is 0 Å². The van der Waals surface area contributed by atoms with Gasteiger partial charge in [-0.1, -0.05) is 17.7 Å². The highest BCUT2D eigenvalue weighted by Crippen LogP contribution is 2.25. The highest BCUT2D eigenvalue weighted by Gasteiger charge is 2.25. The lowest BCUT2D eigenvalue weighted by Gasteiger charge is -2.31. The molecule has 6 nitrogen and oxygen atoms in total. The van der Waals surface area contributed by atoms with Gasteiger partial charge in [-0.05, 0) is 45.2 Å². The molecule has 0 atom stereocenters. The van der Waals surface area contributed by atoms with Gasteiger partial charge in [-0.2, -0.15) is 4.98 Å². The van der Waals surface area contributed by atoms with E-state index in [4.69, 9.17) is 5.11 Å². The van der Waals surface area contributed by atoms with Crippen LogP contribution in [-0.2, 0) is 4.79 Å². The van der Waals surface area contributed by atoms with Crippen LogP contribution in [0.1, 0.15) is 29.7 Å². The van der Waals surface area contributed by atoms with E-state index in [9.17, 15) is 4.79 Å². The van der Waals surface area contributed by atoms with Gasteiger partial charge in [0.05, 0.1) is 5.92 Å². The monoisotopic (exact) mass is 340 g/mol. The first kappa shape index (κ1) is 17.2. The number of nitrogens with zero attached hydrogens (tertiary/aromatic N) is 3. The Morgan fingerprint density at radius 3 is 2.52 bits per heavy atom. The number of piperidine rings is 1. The van der Waals surface area contributed by atoms with Crippen molar-refractivity contribution in [2.75, 3.05) is 23.3 Å². The van der Waals surface area contributed by atoms with Gasteiger partial charge >= 0.3 is 5.97 Å². The highest BCUT2D eigenvalue weighted by atomic mass is 16.4. The van der Waals surface area contributed by atoms with Crippen LogP contribution in [0.2, 0.25) is 0 Å². The molecule has 0 amide bonds. The standard InChI is InChI=1S/C19H24N4O2/c1-12-4-5-16(13(2)10-12)21-19-20-14(3)11-17(22-19)23-8-6-15(7-9-23)18(24)25/h4-5,10-11,15H,6-9H2,1-3H3,(H,24,25)(H,20,21,22). The summed E-state index contributed by atoms with van der Waals surface area (Å²) in [6.45, 7) is 7.48. The Balaban J connectivity index is 1.78. The fourth-order valence-corrected chi connectivity index (χ4v) is 3.20. The topological polar surface area (TPSA) is 78.4 Å². The van der Waals surface area contributed by atoms with Crippen LogP contribution in [0.25, 0.3) is 0 Å². The van der Waals surface area contributed by atoms with Gasteiger partial charge in [-0.15, -0.1) is 0 Å². The van der Waals surface area contributed by atoms with Crippen molar-refractivity contribution in [1.29, 1.82) is 0 Å². The maximum atomic E-state index is 11.1. The Hall–Kier alpha value is -2.63. The van der Waals surface area contributed by atoms with E-state index in [1.165, 1.54) is 5.56 Å². The summed E-state index contributed by atoms with van der Waals surface area (Å²) in [5, 5.41) is 12.4. The molecule has 0 unspecified atom stereocenters.